The SMILES string of the molecule is CC(=O)[C@H]1CC[C@H]2[C@@H]3C=CC4=CC(=O)CC[C@]4(C)[C@H]3CC[C@]12CCCc1ccc(F)c(F)c1. The van der Waals surface area contributed by atoms with E-state index in [2.05, 4.69) is 19.1 Å². The first-order valence-electron chi connectivity index (χ1n) is 12.6. The zero-order valence-corrected chi connectivity index (χ0v) is 19.7. The van der Waals surface area contributed by atoms with Crippen LogP contribution in [0.15, 0.2) is 42.0 Å². The molecule has 6 atom stereocenters. The van der Waals surface area contributed by atoms with Gasteiger partial charge in [0, 0.05) is 12.3 Å². The van der Waals surface area contributed by atoms with Gasteiger partial charge < -0.3 is 0 Å². The van der Waals surface area contributed by atoms with Crippen LogP contribution in [0.1, 0.15) is 70.8 Å². The Labute approximate surface area is 195 Å². The van der Waals surface area contributed by atoms with Gasteiger partial charge in [-0.1, -0.05) is 25.1 Å². The van der Waals surface area contributed by atoms with Crippen molar-refractivity contribution in [2.45, 2.75) is 71.6 Å². The molecule has 5 rings (SSSR count). The quantitative estimate of drug-likeness (QED) is 0.493. The molecule has 0 spiro atoms. The van der Waals surface area contributed by atoms with Gasteiger partial charge in [0.1, 0.15) is 5.78 Å². The van der Waals surface area contributed by atoms with Gasteiger partial charge in [0.25, 0.3) is 0 Å². The lowest BCUT2D eigenvalue weighted by Gasteiger charge is -2.57. The monoisotopic (exact) mass is 452 g/mol. The van der Waals surface area contributed by atoms with E-state index in [1.165, 1.54) is 17.7 Å². The Hall–Kier alpha value is -2.10. The Morgan fingerprint density at radius 1 is 1.09 bits per heavy atom. The molecule has 0 N–H and O–H groups in total. The van der Waals surface area contributed by atoms with Gasteiger partial charge in [-0.2, -0.15) is 0 Å². The summed E-state index contributed by atoms with van der Waals surface area (Å²) in [5, 5.41) is 0. The van der Waals surface area contributed by atoms with Crippen molar-refractivity contribution in [3.05, 3.63) is 59.2 Å². The summed E-state index contributed by atoms with van der Waals surface area (Å²) in [6, 6.07) is 4.18. The summed E-state index contributed by atoms with van der Waals surface area (Å²) in [7, 11) is 0. The molecule has 1 aromatic carbocycles. The van der Waals surface area contributed by atoms with Crippen molar-refractivity contribution in [1.82, 2.24) is 0 Å². The summed E-state index contributed by atoms with van der Waals surface area (Å²) in [4.78, 5) is 24.8. The lowest BCUT2D eigenvalue weighted by molar-refractivity contribution is -0.128. The van der Waals surface area contributed by atoms with Crippen LogP contribution >= 0.6 is 0 Å². The normalized spacial score (nSPS) is 37.2. The van der Waals surface area contributed by atoms with Crippen LogP contribution in [0.5, 0.6) is 0 Å². The lowest BCUT2D eigenvalue weighted by atomic mass is 9.47. The Balaban J connectivity index is 1.41. The van der Waals surface area contributed by atoms with E-state index in [1.54, 1.807) is 13.0 Å². The van der Waals surface area contributed by atoms with Gasteiger partial charge in [-0.05, 0) is 116 Å². The second-order valence-electron chi connectivity index (χ2n) is 11.2. The summed E-state index contributed by atoms with van der Waals surface area (Å²) in [6.45, 7) is 4.10. The molecule has 0 aliphatic heterocycles. The first-order valence-corrected chi connectivity index (χ1v) is 12.6. The fourth-order valence-corrected chi connectivity index (χ4v) is 8.22. The van der Waals surface area contributed by atoms with Crippen molar-refractivity contribution in [2.75, 3.05) is 0 Å². The van der Waals surface area contributed by atoms with E-state index in [0.717, 1.165) is 50.5 Å². The van der Waals surface area contributed by atoms with Crippen LogP contribution in [0.2, 0.25) is 0 Å². The van der Waals surface area contributed by atoms with Crippen LogP contribution in [-0.2, 0) is 16.0 Å². The largest absolute Gasteiger partial charge is 0.300 e. The third-order valence-electron chi connectivity index (χ3n) is 9.81. The molecule has 4 aliphatic carbocycles. The van der Waals surface area contributed by atoms with Gasteiger partial charge in [0.15, 0.2) is 17.4 Å². The molecular formula is C29H34F2O2. The zero-order valence-electron chi connectivity index (χ0n) is 19.7. The highest BCUT2D eigenvalue weighted by Gasteiger charge is 2.60. The Morgan fingerprint density at radius 3 is 2.67 bits per heavy atom. The summed E-state index contributed by atoms with van der Waals surface area (Å²) in [6.07, 6.45) is 14.7. The molecule has 0 unspecified atom stereocenters. The van der Waals surface area contributed by atoms with E-state index in [1.807, 2.05) is 6.08 Å². The van der Waals surface area contributed by atoms with Gasteiger partial charge in [0.2, 0.25) is 0 Å². The molecule has 4 heteroatoms. The third-order valence-corrected chi connectivity index (χ3v) is 9.81. The number of benzene rings is 1. The minimum Gasteiger partial charge on any atom is -0.300 e. The number of allylic oxidation sites excluding steroid dienone is 4. The van der Waals surface area contributed by atoms with Crippen molar-refractivity contribution in [3.8, 4) is 0 Å². The van der Waals surface area contributed by atoms with Gasteiger partial charge in [0.05, 0.1) is 0 Å². The summed E-state index contributed by atoms with van der Waals surface area (Å²) >= 11 is 0. The molecule has 176 valence electrons. The Bertz CT molecular complexity index is 1040. The summed E-state index contributed by atoms with van der Waals surface area (Å²) < 4.78 is 27.0. The third kappa shape index (κ3) is 3.65. The van der Waals surface area contributed by atoms with Gasteiger partial charge >= 0.3 is 0 Å². The number of rotatable bonds is 5. The molecule has 2 fully saturated rings. The molecule has 2 nitrogen and oxygen atoms in total. The number of ketones is 2. The number of carbonyl (C=O) groups excluding carboxylic acids is 2. The molecule has 33 heavy (non-hydrogen) atoms. The number of hydrogen-bond acceptors (Lipinski definition) is 2. The van der Waals surface area contributed by atoms with Crippen molar-refractivity contribution >= 4 is 11.6 Å². The van der Waals surface area contributed by atoms with Crippen LogP contribution in [0.25, 0.3) is 0 Å². The maximum absolute atomic E-state index is 13.7. The summed E-state index contributed by atoms with van der Waals surface area (Å²) in [5.41, 5.74) is 2.07. The molecule has 1 aromatic rings. The molecule has 0 heterocycles. The smallest absolute Gasteiger partial charge is 0.159 e. The fourth-order valence-electron chi connectivity index (χ4n) is 8.22. The maximum atomic E-state index is 13.7. The van der Waals surface area contributed by atoms with Gasteiger partial charge in [-0.25, -0.2) is 8.78 Å². The van der Waals surface area contributed by atoms with E-state index in [9.17, 15) is 18.4 Å². The minimum absolute atomic E-state index is 0.00201. The second kappa shape index (κ2) is 8.29. The number of Topliss-reactive ketones (excluding diaryl/α,β-unsaturated/α-hetero) is 1. The number of carbonyl (C=O) groups is 2. The van der Waals surface area contributed by atoms with Crippen molar-refractivity contribution in [2.24, 2.45) is 34.5 Å². The van der Waals surface area contributed by atoms with Gasteiger partial charge in [-0.3, -0.25) is 9.59 Å². The predicted molar refractivity (Wildman–Crippen MR) is 124 cm³/mol. The first kappa shape index (κ1) is 22.7. The van der Waals surface area contributed by atoms with Crippen LogP contribution < -0.4 is 0 Å². The second-order valence-corrected chi connectivity index (χ2v) is 11.2. The standard InChI is InChI=1S/C29H34F2O2/c1-18(32)23-8-9-25-22-7-6-20-17-21(33)11-14-28(20,2)24(22)12-15-29(23,25)13-3-4-19-5-10-26(30)27(31)16-19/h5-7,10,16-17,22-25H,3-4,8-9,11-15H2,1-2H3/t22-,23-,24+,25+,28+,29-/m1/s1. The fraction of sp³-hybridized carbons (Fsp3) is 0.586. The maximum Gasteiger partial charge on any atom is 0.159 e. The zero-order chi connectivity index (χ0) is 23.4. The van der Waals surface area contributed by atoms with Crippen molar-refractivity contribution in [3.63, 3.8) is 0 Å². The number of fused-ring (bicyclic) bond motifs is 5. The molecule has 0 aromatic heterocycles. The lowest BCUT2D eigenvalue weighted by Crippen LogP contribution is -2.50. The Kier molecular flexibility index (Phi) is 5.69. The van der Waals surface area contributed by atoms with Gasteiger partial charge in [-0.15, -0.1) is 0 Å². The van der Waals surface area contributed by atoms with E-state index in [0.29, 0.717) is 36.4 Å². The highest BCUT2D eigenvalue weighted by atomic mass is 19.2. The van der Waals surface area contributed by atoms with Crippen LogP contribution in [0, 0.1) is 46.1 Å². The molecule has 0 bridgehead atoms. The van der Waals surface area contributed by atoms with E-state index in [4.69, 9.17) is 0 Å². The topological polar surface area (TPSA) is 34.1 Å². The van der Waals surface area contributed by atoms with E-state index < -0.39 is 11.6 Å². The molecular weight excluding hydrogens is 418 g/mol. The molecule has 4 aliphatic rings. The average molecular weight is 453 g/mol. The highest BCUT2D eigenvalue weighted by Crippen LogP contribution is 2.66. The average Bonchev–Trinajstić information content (AvgIpc) is 3.16. The van der Waals surface area contributed by atoms with Crippen LogP contribution in [-0.4, -0.2) is 11.6 Å². The summed E-state index contributed by atoms with van der Waals surface area (Å²) in [5.74, 6) is 0.491. The molecule has 2 saturated carbocycles. The number of aryl methyl sites for hydroxylation is 1. The molecule has 0 radical (unpaired) electrons. The van der Waals surface area contributed by atoms with E-state index in [-0.39, 0.29) is 22.5 Å². The Morgan fingerprint density at radius 2 is 1.91 bits per heavy atom. The van der Waals surface area contributed by atoms with E-state index >= 15 is 0 Å². The van der Waals surface area contributed by atoms with Crippen molar-refractivity contribution < 1.29 is 18.4 Å². The highest BCUT2D eigenvalue weighted by molar-refractivity contribution is 5.92. The number of hydrogen-bond donors (Lipinski definition) is 0. The first-order chi connectivity index (χ1) is 15.7. The molecule has 0 saturated heterocycles. The number of halogens is 2. The molecule has 0 amide bonds. The minimum atomic E-state index is -0.807. The van der Waals surface area contributed by atoms with Crippen molar-refractivity contribution in [1.29, 1.82) is 0 Å². The predicted octanol–water partition coefficient (Wildman–Crippen LogP) is 6.78. The van der Waals surface area contributed by atoms with Crippen LogP contribution in [0.4, 0.5) is 8.78 Å². The van der Waals surface area contributed by atoms with Crippen LogP contribution in [0.3, 0.4) is 0 Å².